The summed E-state index contributed by atoms with van der Waals surface area (Å²) < 4.78 is 5.87. The highest BCUT2D eigenvalue weighted by Gasteiger charge is 2.26. The number of halogens is 1. The summed E-state index contributed by atoms with van der Waals surface area (Å²) in [6.07, 6.45) is 1.60. The van der Waals surface area contributed by atoms with E-state index in [9.17, 15) is 4.79 Å². The van der Waals surface area contributed by atoms with E-state index in [0.717, 1.165) is 16.8 Å². The molecule has 0 spiro atoms. The summed E-state index contributed by atoms with van der Waals surface area (Å²) in [6.45, 7) is 1.59. The maximum Gasteiger partial charge on any atom is 0.254 e. The van der Waals surface area contributed by atoms with Crippen molar-refractivity contribution in [1.82, 2.24) is 9.88 Å². The molecule has 0 radical (unpaired) electrons. The molecule has 0 N–H and O–H groups in total. The molecule has 4 nitrogen and oxygen atoms in total. The van der Waals surface area contributed by atoms with Gasteiger partial charge < -0.3 is 9.64 Å². The molecule has 1 fully saturated rings. The average molecular weight is 379 g/mol. The Bertz CT molecular complexity index is 929. The fourth-order valence-electron chi connectivity index (χ4n) is 3.21. The van der Waals surface area contributed by atoms with Crippen LogP contribution >= 0.6 is 11.6 Å². The molecule has 0 aliphatic carbocycles. The third kappa shape index (κ3) is 4.02. The molecule has 3 aromatic rings. The van der Waals surface area contributed by atoms with Crippen molar-refractivity contribution < 1.29 is 9.53 Å². The molecule has 1 atom stereocenters. The summed E-state index contributed by atoms with van der Waals surface area (Å²) in [5.74, 6) is 0.0273. The average Bonchev–Trinajstić information content (AvgIpc) is 2.74. The number of nitrogens with zero attached hydrogens (tertiary/aromatic N) is 2. The van der Waals surface area contributed by atoms with Crippen LogP contribution in [-0.2, 0) is 4.74 Å². The van der Waals surface area contributed by atoms with Crippen molar-refractivity contribution in [3.8, 4) is 11.1 Å². The number of amides is 1. The molecule has 2 aromatic carbocycles. The van der Waals surface area contributed by atoms with Crippen molar-refractivity contribution in [2.75, 3.05) is 19.7 Å². The maximum atomic E-state index is 12.7. The highest BCUT2D eigenvalue weighted by Crippen LogP contribution is 2.26. The minimum Gasteiger partial charge on any atom is -0.368 e. The quantitative estimate of drug-likeness (QED) is 0.668. The lowest BCUT2D eigenvalue weighted by Gasteiger charge is -2.32. The Morgan fingerprint density at radius 3 is 2.63 bits per heavy atom. The minimum absolute atomic E-state index is 0.0273. The molecule has 1 amide bonds. The van der Waals surface area contributed by atoms with Gasteiger partial charge in [0.2, 0.25) is 0 Å². The summed E-state index contributed by atoms with van der Waals surface area (Å²) in [5, 5.41) is 0.697. The molecule has 0 bridgehead atoms. The Kier molecular flexibility index (Phi) is 5.19. The van der Waals surface area contributed by atoms with Crippen LogP contribution in [0.4, 0.5) is 0 Å². The van der Waals surface area contributed by atoms with Crippen molar-refractivity contribution >= 4 is 17.5 Å². The van der Waals surface area contributed by atoms with Crippen molar-refractivity contribution in [2.45, 2.75) is 6.10 Å². The highest BCUT2D eigenvalue weighted by atomic mass is 35.5. The number of morpholine rings is 1. The van der Waals surface area contributed by atoms with Gasteiger partial charge in [-0.05, 0) is 35.9 Å². The van der Waals surface area contributed by atoms with E-state index in [2.05, 4.69) is 4.98 Å². The van der Waals surface area contributed by atoms with Gasteiger partial charge in [0.25, 0.3) is 5.91 Å². The molecule has 0 saturated carbocycles. The second kappa shape index (κ2) is 7.91. The number of ether oxygens (including phenoxy) is 1. The molecule has 1 aliphatic heterocycles. The number of benzene rings is 2. The molecule has 136 valence electrons. The van der Waals surface area contributed by atoms with E-state index in [1.165, 1.54) is 0 Å². The van der Waals surface area contributed by atoms with Gasteiger partial charge in [-0.25, -0.2) is 0 Å². The predicted molar refractivity (Wildman–Crippen MR) is 106 cm³/mol. The van der Waals surface area contributed by atoms with E-state index in [1.54, 1.807) is 0 Å². The van der Waals surface area contributed by atoms with Gasteiger partial charge in [-0.15, -0.1) is 0 Å². The van der Waals surface area contributed by atoms with E-state index in [-0.39, 0.29) is 12.0 Å². The standard InChI is InChI=1S/C22H19ClN2O2/c23-19-8-4-7-17(13-19)18-9-10-20(24-14-18)21-15-25(11-12-27-21)22(26)16-5-2-1-3-6-16/h1-10,13-14,21H,11-12,15H2/t21-/m0/s1. The smallest absolute Gasteiger partial charge is 0.254 e. The topological polar surface area (TPSA) is 42.4 Å². The number of hydrogen-bond donors (Lipinski definition) is 0. The second-order valence-corrected chi connectivity index (χ2v) is 6.90. The Hall–Kier alpha value is -2.69. The first kappa shape index (κ1) is 17.7. The summed E-state index contributed by atoms with van der Waals surface area (Å²) in [5.41, 5.74) is 3.54. The SMILES string of the molecule is O=C(c1ccccc1)N1CCO[C@H](c2ccc(-c3cccc(Cl)c3)cn2)C1. The normalized spacial score (nSPS) is 16.9. The summed E-state index contributed by atoms with van der Waals surface area (Å²) >= 11 is 6.07. The zero-order valence-electron chi connectivity index (χ0n) is 14.7. The number of hydrogen-bond acceptors (Lipinski definition) is 3. The number of carbonyl (C=O) groups excluding carboxylic acids is 1. The van der Waals surface area contributed by atoms with Gasteiger partial charge in [-0.3, -0.25) is 9.78 Å². The van der Waals surface area contributed by atoms with Crippen molar-refractivity contribution in [3.05, 3.63) is 89.2 Å². The number of pyridine rings is 1. The van der Waals surface area contributed by atoms with Crippen LogP contribution in [0.15, 0.2) is 72.9 Å². The second-order valence-electron chi connectivity index (χ2n) is 6.46. The molecule has 1 aromatic heterocycles. The molecule has 4 rings (SSSR count). The first-order valence-electron chi connectivity index (χ1n) is 8.88. The zero-order valence-corrected chi connectivity index (χ0v) is 15.5. The van der Waals surface area contributed by atoms with Crippen LogP contribution < -0.4 is 0 Å². The summed E-state index contributed by atoms with van der Waals surface area (Å²) in [4.78, 5) is 19.1. The molecule has 0 unspecified atom stereocenters. The first-order chi connectivity index (χ1) is 13.2. The fraction of sp³-hybridized carbons (Fsp3) is 0.182. The Morgan fingerprint density at radius 2 is 1.89 bits per heavy atom. The van der Waals surface area contributed by atoms with Crippen LogP contribution in [0.1, 0.15) is 22.2 Å². The van der Waals surface area contributed by atoms with Crippen LogP contribution in [0.25, 0.3) is 11.1 Å². The van der Waals surface area contributed by atoms with Crippen molar-refractivity contribution in [1.29, 1.82) is 0 Å². The summed E-state index contributed by atoms with van der Waals surface area (Å²) in [7, 11) is 0. The number of aromatic nitrogens is 1. The van der Waals surface area contributed by atoms with Gasteiger partial charge in [0.1, 0.15) is 6.10 Å². The monoisotopic (exact) mass is 378 g/mol. The lowest BCUT2D eigenvalue weighted by atomic mass is 10.1. The molecule has 1 aliphatic rings. The van der Waals surface area contributed by atoms with E-state index in [1.807, 2.05) is 77.8 Å². The van der Waals surface area contributed by atoms with Gasteiger partial charge in [-0.1, -0.05) is 48.0 Å². The van der Waals surface area contributed by atoms with Crippen molar-refractivity contribution in [2.24, 2.45) is 0 Å². The zero-order chi connectivity index (χ0) is 18.6. The van der Waals surface area contributed by atoms with E-state index in [4.69, 9.17) is 16.3 Å². The van der Waals surface area contributed by atoms with Crippen LogP contribution in [-0.4, -0.2) is 35.5 Å². The van der Waals surface area contributed by atoms with Gasteiger partial charge >= 0.3 is 0 Å². The Labute approximate surface area is 163 Å². The molecule has 5 heteroatoms. The van der Waals surface area contributed by atoms with Gasteiger partial charge in [0, 0.05) is 28.9 Å². The van der Waals surface area contributed by atoms with Gasteiger partial charge in [0.05, 0.1) is 18.8 Å². The predicted octanol–water partition coefficient (Wildman–Crippen LogP) is 4.62. The lowest BCUT2D eigenvalue weighted by Crippen LogP contribution is -2.42. The third-order valence-electron chi connectivity index (χ3n) is 4.65. The van der Waals surface area contributed by atoms with Crippen LogP contribution in [0.3, 0.4) is 0 Å². The van der Waals surface area contributed by atoms with Crippen LogP contribution in [0.2, 0.25) is 5.02 Å². The fourth-order valence-corrected chi connectivity index (χ4v) is 3.40. The van der Waals surface area contributed by atoms with Gasteiger partial charge in [-0.2, -0.15) is 0 Å². The molecular formula is C22H19ClN2O2. The molecule has 2 heterocycles. The molecular weight excluding hydrogens is 360 g/mol. The molecule has 27 heavy (non-hydrogen) atoms. The lowest BCUT2D eigenvalue weighted by molar-refractivity contribution is -0.0247. The van der Waals surface area contributed by atoms with E-state index >= 15 is 0 Å². The van der Waals surface area contributed by atoms with Crippen LogP contribution in [0.5, 0.6) is 0 Å². The minimum atomic E-state index is -0.222. The van der Waals surface area contributed by atoms with Gasteiger partial charge in [0.15, 0.2) is 0 Å². The number of rotatable bonds is 3. The third-order valence-corrected chi connectivity index (χ3v) is 4.88. The van der Waals surface area contributed by atoms with E-state index in [0.29, 0.717) is 30.3 Å². The van der Waals surface area contributed by atoms with Crippen molar-refractivity contribution in [3.63, 3.8) is 0 Å². The highest BCUT2D eigenvalue weighted by molar-refractivity contribution is 6.30. The van der Waals surface area contributed by atoms with E-state index < -0.39 is 0 Å². The Morgan fingerprint density at radius 1 is 1.04 bits per heavy atom. The number of carbonyl (C=O) groups is 1. The summed E-state index contributed by atoms with van der Waals surface area (Å²) in [6, 6.07) is 21.0. The largest absolute Gasteiger partial charge is 0.368 e. The molecule has 1 saturated heterocycles. The Balaban J connectivity index is 1.49. The maximum absolute atomic E-state index is 12.7. The first-order valence-corrected chi connectivity index (χ1v) is 9.26. The van der Waals surface area contributed by atoms with Crippen LogP contribution in [0, 0.1) is 0 Å².